The number of likely N-dealkylation sites (tertiary alicyclic amines) is 1. The molecule has 1 aromatic carbocycles. The highest BCUT2D eigenvalue weighted by Crippen LogP contribution is 2.33. The Morgan fingerprint density at radius 2 is 1.70 bits per heavy atom. The Hall–Kier alpha value is -3.06. The van der Waals surface area contributed by atoms with Crippen molar-refractivity contribution in [1.29, 1.82) is 0 Å². The lowest BCUT2D eigenvalue weighted by molar-refractivity contribution is -0.137. The van der Waals surface area contributed by atoms with Gasteiger partial charge in [-0.25, -0.2) is 4.98 Å². The van der Waals surface area contributed by atoms with E-state index in [1.54, 1.807) is 23.3 Å². The van der Waals surface area contributed by atoms with Crippen molar-refractivity contribution in [2.24, 2.45) is 0 Å². The number of hydrogen-bond acceptors (Lipinski definition) is 8. The number of halogens is 3. The summed E-state index contributed by atoms with van der Waals surface area (Å²) >= 11 is 2.58. The van der Waals surface area contributed by atoms with Gasteiger partial charge < -0.3 is 14.7 Å². The number of anilines is 1. The van der Waals surface area contributed by atoms with E-state index in [0.29, 0.717) is 61.2 Å². The number of nitrogens with zero attached hydrogens (tertiary/aromatic N) is 6. The first-order chi connectivity index (χ1) is 17.7. The molecule has 13 heteroatoms. The van der Waals surface area contributed by atoms with Crippen LogP contribution >= 0.6 is 22.9 Å². The van der Waals surface area contributed by atoms with E-state index >= 15 is 0 Å². The highest BCUT2D eigenvalue weighted by Gasteiger charge is 2.32. The molecular weight excluding hydrogens is 525 g/mol. The molecule has 196 valence electrons. The summed E-state index contributed by atoms with van der Waals surface area (Å²) in [4.78, 5) is 36.4. The molecule has 2 aliphatic heterocycles. The van der Waals surface area contributed by atoms with E-state index in [1.807, 2.05) is 9.80 Å². The Morgan fingerprint density at radius 3 is 2.35 bits per heavy atom. The third-order valence-electron chi connectivity index (χ3n) is 6.82. The third kappa shape index (κ3) is 5.47. The van der Waals surface area contributed by atoms with Crippen LogP contribution in [-0.4, -0.2) is 75.5 Å². The Morgan fingerprint density at radius 1 is 1.00 bits per heavy atom. The zero-order valence-electron chi connectivity index (χ0n) is 20.1. The summed E-state index contributed by atoms with van der Waals surface area (Å²) in [7, 11) is 0. The smallest absolute Gasteiger partial charge is 0.368 e. The fraction of sp³-hybridized carbons (Fsp3) is 0.458. The standard InChI is InChI=1S/C24H25F3N6O2S2/c1-15-20(37-30-29-15)23(35)32-7-5-16(6-8-32)21-28-19(14-36-21)22(34)33-11-9-31(10-12-33)18-4-2-3-17(13-18)24(25,26)27/h2-4,13-14,16H,5-12H2,1H3. The molecule has 0 atom stereocenters. The second kappa shape index (κ2) is 10.4. The summed E-state index contributed by atoms with van der Waals surface area (Å²) in [6.07, 6.45) is -2.85. The first-order valence-electron chi connectivity index (χ1n) is 12.0. The number of aryl methyl sites for hydroxylation is 1. The van der Waals surface area contributed by atoms with Crippen LogP contribution in [0.4, 0.5) is 18.9 Å². The maximum Gasteiger partial charge on any atom is 0.416 e. The second-order valence-electron chi connectivity index (χ2n) is 9.15. The molecule has 0 spiro atoms. The van der Waals surface area contributed by atoms with Crippen molar-refractivity contribution < 1.29 is 22.8 Å². The normalized spacial score (nSPS) is 17.4. The number of thiazole rings is 1. The molecular formula is C24H25F3N6O2S2. The van der Waals surface area contributed by atoms with Crippen LogP contribution in [0, 0.1) is 6.92 Å². The number of hydrogen-bond donors (Lipinski definition) is 0. The molecule has 3 aromatic rings. The summed E-state index contributed by atoms with van der Waals surface area (Å²) in [5.41, 5.74) is 0.877. The average molecular weight is 551 g/mol. The SMILES string of the molecule is Cc1nnsc1C(=O)N1CCC(c2nc(C(=O)N3CCN(c4cccc(C(F)(F)F)c4)CC3)cs2)CC1. The van der Waals surface area contributed by atoms with Crippen LogP contribution in [0.2, 0.25) is 0 Å². The summed E-state index contributed by atoms with van der Waals surface area (Å²) in [6, 6.07) is 5.28. The lowest BCUT2D eigenvalue weighted by Gasteiger charge is -2.36. The van der Waals surface area contributed by atoms with Crippen molar-refractivity contribution in [2.75, 3.05) is 44.2 Å². The number of carbonyl (C=O) groups is 2. The van der Waals surface area contributed by atoms with Gasteiger partial charge in [-0.1, -0.05) is 10.6 Å². The number of aromatic nitrogens is 3. The van der Waals surface area contributed by atoms with E-state index in [2.05, 4.69) is 14.6 Å². The molecule has 4 heterocycles. The Bertz CT molecular complexity index is 1280. The minimum Gasteiger partial charge on any atom is -0.368 e. The van der Waals surface area contributed by atoms with Gasteiger partial charge >= 0.3 is 6.18 Å². The number of benzene rings is 1. The largest absolute Gasteiger partial charge is 0.416 e. The van der Waals surface area contributed by atoms with Gasteiger partial charge in [-0.05, 0) is 49.5 Å². The van der Waals surface area contributed by atoms with Crippen molar-refractivity contribution in [2.45, 2.75) is 31.9 Å². The molecule has 0 aliphatic carbocycles. The van der Waals surface area contributed by atoms with Crippen LogP contribution in [0.5, 0.6) is 0 Å². The summed E-state index contributed by atoms with van der Waals surface area (Å²) in [5, 5.41) is 6.59. The average Bonchev–Trinajstić information content (AvgIpc) is 3.57. The van der Waals surface area contributed by atoms with E-state index in [9.17, 15) is 22.8 Å². The molecule has 0 unspecified atom stereocenters. The first-order valence-corrected chi connectivity index (χ1v) is 13.6. The molecule has 0 bridgehead atoms. The van der Waals surface area contributed by atoms with E-state index in [0.717, 1.165) is 41.5 Å². The first kappa shape index (κ1) is 25.6. The topological polar surface area (TPSA) is 82.5 Å². The third-order valence-corrected chi connectivity index (χ3v) is 8.65. The van der Waals surface area contributed by atoms with Crippen molar-refractivity contribution in [3.63, 3.8) is 0 Å². The van der Waals surface area contributed by atoms with Crippen molar-refractivity contribution in [1.82, 2.24) is 24.4 Å². The summed E-state index contributed by atoms with van der Waals surface area (Å²) in [6.45, 7) is 4.73. The minimum absolute atomic E-state index is 0.0368. The summed E-state index contributed by atoms with van der Waals surface area (Å²) in [5.74, 6) is -0.00811. The highest BCUT2D eigenvalue weighted by atomic mass is 32.1. The number of rotatable bonds is 4. The zero-order chi connectivity index (χ0) is 26.2. The number of piperazine rings is 1. The molecule has 2 fully saturated rings. The van der Waals surface area contributed by atoms with E-state index < -0.39 is 11.7 Å². The van der Waals surface area contributed by atoms with Crippen LogP contribution in [0.1, 0.15) is 55.2 Å². The van der Waals surface area contributed by atoms with Crippen LogP contribution in [-0.2, 0) is 6.18 Å². The maximum absolute atomic E-state index is 13.1. The van der Waals surface area contributed by atoms with Crippen LogP contribution < -0.4 is 4.90 Å². The lowest BCUT2D eigenvalue weighted by atomic mass is 9.97. The fourth-order valence-electron chi connectivity index (χ4n) is 4.68. The molecule has 0 N–H and O–H groups in total. The zero-order valence-corrected chi connectivity index (χ0v) is 21.7. The van der Waals surface area contributed by atoms with Crippen LogP contribution in [0.15, 0.2) is 29.6 Å². The van der Waals surface area contributed by atoms with Gasteiger partial charge in [0.05, 0.1) is 16.3 Å². The monoisotopic (exact) mass is 550 g/mol. The fourth-order valence-corrected chi connectivity index (χ4v) is 6.27. The molecule has 2 aliphatic rings. The molecule has 0 saturated carbocycles. The molecule has 0 radical (unpaired) electrons. The maximum atomic E-state index is 13.1. The molecule has 2 amide bonds. The number of alkyl halides is 3. The van der Waals surface area contributed by atoms with Crippen LogP contribution in [0.25, 0.3) is 0 Å². The predicted molar refractivity (Wildman–Crippen MR) is 134 cm³/mol. The van der Waals surface area contributed by atoms with Crippen LogP contribution in [0.3, 0.4) is 0 Å². The molecule has 2 saturated heterocycles. The molecule has 2 aromatic heterocycles. The van der Waals surface area contributed by atoms with Crippen molar-refractivity contribution in [3.8, 4) is 0 Å². The predicted octanol–water partition coefficient (Wildman–Crippen LogP) is 4.30. The number of amides is 2. The van der Waals surface area contributed by atoms with Gasteiger partial charge in [0.2, 0.25) is 0 Å². The van der Waals surface area contributed by atoms with E-state index in [-0.39, 0.29) is 17.7 Å². The molecule has 5 rings (SSSR count). The Kier molecular flexibility index (Phi) is 7.17. The van der Waals surface area contributed by atoms with Gasteiger partial charge in [0.25, 0.3) is 11.8 Å². The molecule has 8 nitrogen and oxygen atoms in total. The highest BCUT2D eigenvalue weighted by molar-refractivity contribution is 7.10. The van der Waals surface area contributed by atoms with Gasteiger partial charge in [-0.15, -0.1) is 16.4 Å². The van der Waals surface area contributed by atoms with E-state index in [4.69, 9.17) is 0 Å². The van der Waals surface area contributed by atoms with Crippen molar-refractivity contribution in [3.05, 3.63) is 56.5 Å². The Labute approximate surface area is 219 Å². The van der Waals surface area contributed by atoms with Gasteiger partial charge in [0.1, 0.15) is 10.6 Å². The van der Waals surface area contributed by atoms with E-state index in [1.165, 1.54) is 17.4 Å². The molecule has 37 heavy (non-hydrogen) atoms. The summed E-state index contributed by atoms with van der Waals surface area (Å²) < 4.78 is 43.0. The van der Waals surface area contributed by atoms with Gasteiger partial charge in [0.15, 0.2) is 0 Å². The second-order valence-corrected chi connectivity index (χ2v) is 10.8. The van der Waals surface area contributed by atoms with Gasteiger partial charge in [-0.2, -0.15) is 13.2 Å². The number of carbonyl (C=O) groups excluding carboxylic acids is 2. The lowest BCUT2D eigenvalue weighted by Crippen LogP contribution is -2.49. The quantitative estimate of drug-likeness (QED) is 0.482. The van der Waals surface area contributed by atoms with Crippen molar-refractivity contribution >= 4 is 40.4 Å². The van der Waals surface area contributed by atoms with Gasteiger partial charge in [-0.3, -0.25) is 9.59 Å². The minimum atomic E-state index is -4.39. The number of piperidine rings is 1. The Balaban J connectivity index is 1.15. The van der Waals surface area contributed by atoms with Gasteiger partial charge in [0, 0.05) is 56.3 Å².